The van der Waals surface area contributed by atoms with Gasteiger partial charge in [-0.05, 0) is 6.42 Å². The van der Waals surface area contributed by atoms with E-state index in [1.807, 2.05) is 11.9 Å². The Morgan fingerprint density at radius 3 is 1.57 bits per heavy atom. The molecule has 0 radical (unpaired) electrons. The van der Waals surface area contributed by atoms with Crippen molar-refractivity contribution in [2.45, 2.75) is 110 Å². The minimum atomic E-state index is -0.771. The average molecular weight is 463 g/mol. The van der Waals surface area contributed by atoms with Crippen molar-refractivity contribution < 1.29 is 4.39 Å². The number of anilines is 2. The molecule has 0 aliphatic heterocycles. The van der Waals surface area contributed by atoms with Gasteiger partial charge in [-0.1, -0.05) is 126 Å². The summed E-state index contributed by atoms with van der Waals surface area (Å²) in [6, 6.07) is 0. The standard InChI is InChI=1S/C24H42Cl2FN3/c1-3-4-5-6-7-8-9-10-11-12-13-14-15-16-17-18-19-30(2)24-21(26)22(28)20(25)23(27)29-24/h3-19H2,1-2H3,(H2,28,29). The van der Waals surface area contributed by atoms with Crippen LogP contribution in [-0.4, -0.2) is 18.6 Å². The molecule has 0 saturated heterocycles. The van der Waals surface area contributed by atoms with Gasteiger partial charge in [0.2, 0.25) is 5.95 Å². The number of aromatic nitrogens is 1. The van der Waals surface area contributed by atoms with Gasteiger partial charge in [0.15, 0.2) is 5.82 Å². The van der Waals surface area contributed by atoms with Crippen molar-refractivity contribution in [3.63, 3.8) is 0 Å². The Bertz CT molecular complexity index is 584. The van der Waals surface area contributed by atoms with E-state index in [2.05, 4.69) is 11.9 Å². The highest BCUT2D eigenvalue weighted by Gasteiger charge is 2.17. The molecule has 0 aliphatic rings. The molecule has 1 aromatic rings. The van der Waals surface area contributed by atoms with Gasteiger partial charge >= 0.3 is 0 Å². The molecule has 0 amide bonds. The number of halogens is 3. The van der Waals surface area contributed by atoms with Gasteiger partial charge in [0, 0.05) is 13.6 Å². The second-order valence-corrected chi connectivity index (χ2v) is 9.25. The van der Waals surface area contributed by atoms with E-state index in [0.717, 1.165) is 19.4 Å². The number of hydrogen-bond acceptors (Lipinski definition) is 3. The van der Waals surface area contributed by atoms with Gasteiger partial charge in [-0.3, -0.25) is 0 Å². The average Bonchev–Trinajstić information content (AvgIpc) is 2.74. The van der Waals surface area contributed by atoms with Crippen LogP contribution in [-0.2, 0) is 0 Å². The van der Waals surface area contributed by atoms with Crippen LogP contribution in [0.4, 0.5) is 15.9 Å². The van der Waals surface area contributed by atoms with Crippen LogP contribution in [0, 0.1) is 5.95 Å². The SMILES string of the molecule is CCCCCCCCCCCCCCCCCCN(C)c1nc(F)c(Cl)c(N)c1Cl. The number of nitrogen functional groups attached to an aromatic ring is 1. The van der Waals surface area contributed by atoms with Crippen molar-refractivity contribution in [2.75, 3.05) is 24.2 Å². The molecule has 0 fully saturated rings. The molecule has 1 rings (SSSR count). The molecule has 0 spiro atoms. The molecule has 1 heterocycles. The van der Waals surface area contributed by atoms with Crippen LogP contribution in [0.25, 0.3) is 0 Å². The predicted molar refractivity (Wildman–Crippen MR) is 131 cm³/mol. The third-order valence-corrected chi connectivity index (χ3v) is 6.50. The molecule has 1 aromatic heterocycles. The van der Waals surface area contributed by atoms with Crippen LogP contribution >= 0.6 is 23.2 Å². The Labute approximate surface area is 193 Å². The maximum absolute atomic E-state index is 13.7. The van der Waals surface area contributed by atoms with Crippen LogP contribution in [0.1, 0.15) is 110 Å². The smallest absolute Gasteiger partial charge is 0.235 e. The molecule has 0 saturated carbocycles. The fraction of sp³-hybridized carbons (Fsp3) is 0.792. The molecular weight excluding hydrogens is 420 g/mol. The zero-order chi connectivity index (χ0) is 22.2. The van der Waals surface area contributed by atoms with Gasteiger partial charge < -0.3 is 10.6 Å². The lowest BCUT2D eigenvalue weighted by Gasteiger charge is -2.20. The molecule has 0 aliphatic carbocycles. The number of rotatable bonds is 18. The Balaban J connectivity index is 1.97. The first-order valence-corrected chi connectivity index (χ1v) is 12.8. The first-order chi connectivity index (χ1) is 14.5. The van der Waals surface area contributed by atoms with Crippen LogP contribution < -0.4 is 10.6 Å². The fourth-order valence-corrected chi connectivity index (χ4v) is 4.24. The number of nitrogens with zero attached hydrogens (tertiary/aromatic N) is 2. The van der Waals surface area contributed by atoms with Gasteiger partial charge in [-0.25, -0.2) is 0 Å². The third kappa shape index (κ3) is 11.0. The van der Waals surface area contributed by atoms with Gasteiger partial charge in [0.25, 0.3) is 0 Å². The summed E-state index contributed by atoms with van der Waals surface area (Å²) in [5.41, 5.74) is 5.80. The Morgan fingerprint density at radius 2 is 1.13 bits per heavy atom. The normalized spacial score (nSPS) is 11.2. The summed E-state index contributed by atoms with van der Waals surface area (Å²) >= 11 is 11.9. The lowest BCUT2D eigenvalue weighted by molar-refractivity contribution is 0.529. The number of unbranched alkanes of at least 4 members (excludes halogenated alkanes) is 15. The van der Waals surface area contributed by atoms with E-state index in [-0.39, 0.29) is 15.7 Å². The molecule has 0 aromatic carbocycles. The van der Waals surface area contributed by atoms with Crippen molar-refractivity contribution >= 4 is 34.7 Å². The van der Waals surface area contributed by atoms with Gasteiger partial charge in [0.1, 0.15) is 10.0 Å². The first kappa shape index (κ1) is 27.3. The first-order valence-electron chi connectivity index (χ1n) is 12.0. The topological polar surface area (TPSA) is 42.2 Å². The van der Waals surface area contributed by atoms with E-state index in [1.165, 1.54) is 89.9 Å². The maximum atomic E-state index is 13.7. The minimum Gasteiger partial charge on any atom is -0.396 e. The summed E-state index contributed by atoms with van der Waals surface area (Å²) < 4.78 is 13.7. The summed E-state index contributed by atoms with van der Waals surface area (Å²) in [4.78, 5) is 5.69. The highest BCUT2D eigenvalue weighted by atomic mass is 35.5. The molecule has 0 bridgehead atoms. The van der Waals surface area contributed by atoms with Crippen LogP contribution in [0.3, 0.4) is 0 Å². The zero-order valence-electron chi connectivity index (χ0n) is 19.1. The predicted octanol–water partition coefficient (Wildman–Crippen LogP) is 8.81. The fourth-order valence-electron chi connectivity index (χ4n) is 3.77. The van der Waals surface area contributed by atoms with Crippen LogP contribution in [0.2, 0.25) is 10.0 Å². The second kappa shape index (κ2) is 16.9. The lowest BCUT2D eigenvalue weighted by Crippen LogP contribution is -2.21. The van der Waals surface area contributed by atoms with Crippen molar-refractivity contribution in [1.29, 1.82) is 0 Å². The van der Waals surface area contributed by atoms with E-state index < -0.39 is 5.95 Å². The Kier molecular flexibility index (Phi) is 15.4. The van der Waals surface area contributed by atoms with Gasteiger partial charge in [-0.15, -0.1) is 0 Å². The van der Waals surface area contributed by atoms with Crippen molar-refractivity contribution in [3.05, 3.63) is 16.0 Å². The second-order valence-electron chi connectivity index (χ2n) is 8.49. The number of hydrogen-bond donors (Lipinski definition) is 1. The summed E-state index contributed by atoms with van der Waals surface area (Å²) in [7, 11) is 1.85. The molecular formula is C24H42Cl2FN3. The lowest BCUT2D eigenvalue weighted by atomic mass is 10.0. The van der Waals surface area contributed by atoms with Gasteiger partial charge in [0.05, 0.1) is 5.69 Å². The van der Waals surface area contributed by atoms with E-state index in [9.17, 15) is 4.39 Å². The Hall–Kier alpha value is -0.740. The van der Waals surface area contributed by atoms with E-state index >= 15 is 0 Å². The highest BCUT2D eigenvalue weighted by Crippen LogP contribution is 2.35. The number of pyridine rings is 1. The van der Waals surface area contributed by atoms with Crippen molar-refractivity contribution in [2.24, 2.45) is 0 Å². The highest BCUT2D eigenvalue weighted by molar-refractivity contribution is 6.40. The molecule has 6 heteroatoms. The third-order valence-electron chi connectivity index (χ3n) is 5.76. The molecule has 0 atom stereocenters. The molecule has 0 unspecified atom stereocenters. The minimum absolute atomic E-state index is 0.0552. The van der Waals surface area contributed by atoms with Crippen LogP contribution in [0.15, 0.2) is 0 Å². The summed E-state index contributed by atoms with van der Waals surface area (Å²) in [6.07, 6.45) is 21.5. The maximum Gasteiger partial charge on any atom is 0.235 e. The number of nitrogens with two attached hydrogens (primary N) is 1. The van der Waals surface area contributed by atoms with E-state index in [0.29, 0.717) is 5.82 Å². The monoisotopic (exact) mass is 461 g/mol. The summed E-state index contributed by atoms with van der Waals surface area (Å²) in [5, 5.41) is 0.0138. The summed E-state index contributed by atoms with van der Waals surface area (Å²) in [6.45, 7) is 3.04. The van der Waals surface area contributed by atoms with Gasteiger partial charge in [-0.2, -0.15) is 9.37 Å². The molecule has 174 valence electrons. The molecule has 30 heavy (non-hydrogen) atoms. The largest absolute Gasteiger partial charge is 0.396 e. The Morgan fingerprint density at radius 1 is 0.733 bits per heavy atom. The van der Waals surface area contributed by atoms with E-state index in [4.69, 9.17) is 28.9 Å². The van der Waals surface area contributed by atoms with Crippen LogP contribution in [0.5, 0.6) is 0 Å². The van der Waals surface area contributed by atoms with Crippen molar-refractivity contribution in [3.8, 4) is 0 Å². The molecule has 3 nitrogen and oxygen atoms in total. The summed E-state index contributed by atoms with van der Waals surface area (Å²) in [5.74, 6) is -0.413. The van der Waals surface area contributed by atoms with E-state index in [1.54, 1.807) is 0 Å². The quantitative estimate of drug-likeness (QED) is 0.175. The van der Waals surface area contributed by atoms with Crippen molar-refractivity contribution in [1.82, 2.24) is 4.98 Å². The zero-order valence-corrected chi connectivity index (χ0v) is 20.6. The molecule has 2 N–H and O–H groups in total.